The summed E-state index contributed by atoms with van der Waals surface area (Å²) in [5.41, 5.74) is 5.79. The highest BCUT2D eigenvalue weighted by atomic mass is 16.1. The fourth-order valence-electron chi connectivity index (χ4n) is 2.72. The summed E-state index contributed by atoms with van der Waals surface area (Å²) in [7, 11) is 0. The van der Waals surface area contributed by atoms with E-state index in [1.165, 1.54) is 38.1 Å². The molecule has 1 aromatic rings. The van der Waals surface area contributed by atoms with Gasteiger partial charge < -0.3 is 11.1 Å². The lowest BCUT2D eigenvalue weighted by atomic mass is 9.83. The fourth-order valence-corrected chi connectivity index (χ4v) is 2.72. The van der Waals surface area contributed by atoms with Gasteiger partial charge in [-0.15, -0.1) is 0 Å². The molecule has 3 N–H and O–H groups in total. The van der Waals surface area contributed by atoms with Crippen LogP contribution in [0.25, 0.3) is 0 Å². The molecule has 0 unspecified atom stereocenters. The molecule has 0 radical (unpaired) electrons. The maximum Gasteiger partial charge on any atom is 0.271 e. The molecular weight excluding hydrogens is 240 g/mol. The van der Waals surface area contributed by atoms with Crippen molar-refractivity contribution in [2.75, 3.05) is 5.73 Å². The molecule has 1 fully saturated rings. The van der Waals surface area contributed by atoms with E-state index in [-0.39, 0.29) is 11.9 Å². The molecule has 1 aromatic heterocycles. The molecule has 1 saturated carbocycles. The topological polar surface area (TPSA) is 80.9 Å². The summed E-state index contributed by atoms with van der Waals surface area (Å²) in [6, 6.07) is 0.278. The van der Waals surface area contributed by atoms with Gasteiger partial charge in [0.05, 0.1) is 12.4 Å². The van der Waals surface area contributed by atoms with Crippen LogP contribution < -0.4 is 11.1 Å². The van der Waals surface area contributed by atoms with E-state index in [2.05, 4.69) is 22.2 Å². The van der Waals surface area contributed by atoms with Crippen molar-refractivity contribution in [2.24, 2.45) is 5.92 Å². The number of nitrogen functional groups attached to an aromatic ring is 1. The first-order valence-electron chi connectivity index (χ1n) is 7.07. The van der Waals surface area contributed by atoms with Crippen molar-refractivity contribution in [1.29, 1.82) is 0 Å². The number of hydrogen-bond acceptors (Lipinski definition) is 4. The summed E-state index contributed by atoms with van der Waals surface area (Å²) in [5, 5.41) is 3.04. The Hall–Kier alpha value is -1.65. The number of carbonyl (C=O) groups is 1. The first-order chi connectivity index (χ1) is 9.19. The number of amides is 1. The Morgan fingerprint density at radius 2 is 2.05 bits per heavy atom. The Kier molecular flexibility index (Phi) is 4.71. The van der Waals surface area contributed by atoms with Gasteiger partial charge in [0.2, 0.25) is 0 Å². The summed E-state index contributed by atoms with van der Waals surface area (Å²) in [6.07, 6.45) is 9.96. The molecule has 19 heavy (non-hydrogen) atoms. The van der Waals surface area contributed by atoms with Crippen molar-refractivity contribution in [1.82, 2.24) is 15.3 Å². The quantitative estimate of drug-likeness (QED) is 0.871. The molecule has 0 aromatic carbocycles. The average molecular weight is 262 g/mol. The highest BCUT2D eigenvalue weighted by Crippen LogP contribution is 2.27. The summed E-state index contributed by atoms with van der Waals surface area (Å²) >= 11 is 0. The Balaban J connectivity index is 1.82. The third-order valence-corrected chi connectivity index (χ3v) is 3.78. The second kappa shape index (κ2) is 6.50. The lowest BCUT2D eigenvalue weighted by Gasteiger charge is -2.28. The number of anilines is 1. The summed E-state index contributed by atoms with van der Waals surface area (Å²) in [6.45, 7) is 2.23. The van der Waals surface area contributed by atoms with Crippen LogP contribution in [0.5, 0.6) is 0 Å². The van der Waals surface area contributed by atoms with Crippen LogP contribution in [0.2, 0.25) is 0 Å². The maximum absolute atomic E-state index is 12.0. The minimum Gasteiger partial charge on any atom is -0.382 e. The Morgan fingerprint density at radius 3 is 2.63 bits per heavy atom. The summed E-state index contributed by atoms with van der Waals surface area (Å²) in [5.74, 6) is 1.03. The maximum atomic E-state index is 12.0. The van der Waals surface area contributed by atoms with E-state index < -0.39 is 0 Å². The van der Waals surface area contributed by atoms with Crippen LogP contribution in [-0.4, -0.2) is 21.9 Å². The largest absolute Gasteiger partial charge is 0.382 e. The van der Waals surface area contributed by atoms with Crippen molar-refractivity contribution in [3.05, 3.63) is 18.1 Å². The van der Waals surface area contributed by atoms with Crippen LogP contribution in [0.3, 0.4) is 0 Å². The van der Waals surface area contributed by atoms with E-state index in [0.29, 0.717) is 11.5 Å². The molecule has 0 bridgehead atoms. The van der Waals surface area contributed by atoms with E-state index in [9.17, 15) is 4.79 Å². The zero-order chi connectivity index (χ0) is 13.7. The van der Waals surface area contributed by atoms with Crippen molar-refractivity contribution in [2.45, 2.75) is 51.5 Å². The van der Waals surface area contributed by atoms with Gasteiger partial charge in [0.15, 0.2) is 0 Å². The number of nitrogens with zero attached hydrogens (tertiary/aromatic N) is 2. The Labute approximate surface area is 114 Å². The van der Waals surface area contributed by atoms with Crippen molar-refractivity contribution in [3.63, 3.8) is 0 Å². The predicted molar refractivity (Wildman–Crippen MR) is 74.6 cm³/mol. The van der Waals surface area contributed by atoms with Crippen LogP contribution in [-0.2, 0) is 0 Å². The molecule has 2 rings (SSSR count). The van der Waals surface area contributed by atoms with Gasteiger partial charge in [-0.05, 0) is 31.6 Å². The van der Waals surface area contributed by atoms with Gasteiger partial charge in [-0.2, -0.15) is 0 Å². The molecule has 0 aliphatic heterocycles. The smallest absolute Gasteiger partial charge is 0.271 e. The number of nitrogens with two attached hydrogens (primary N) is 1. The minimum absolute atomic E-state index is 0.147. The van der Waals surface area contributed by atoms with Gasteiger partial charge in [-0.1, -0.05) is 19.8 Å². The molecule has 0 atom stereocenters. The average Bonchev–Trinajstić information content (AvgIpc) is 2.42. The molecule has 5 nitrogen and oxygen atoms in total. The van der Waals surface area contributed by atoms with Crippen molar-refractivity contribution in [3.8, 4) is 0 Å². The second-order valence-corrected chi connectivity index (χ2v) is 5.31. The van der Waals surface area contributed by atoms with Gasteiger partial charge in [0, 0.05) is 6.04 Å². The van der Waals surface area contributed by atoms with E-state index in [1.54, 1.807) is 0 Å². The zero-order valence-corrected chi connectivity index (χ0v) is 11.4. The summed E-state index contributed by atoms with van der Waals surface area (Å²) in [4.78, 5) is 19.8. The van der Waals surface area contributed by atoms with Crippen LogP contribution in [0.15, 0.2) is 12.4 Å². The molecule has 1 aliphatic rings. The van der Waals surface area contributed by atoms with Crippen LogP contribution in [0, 0.1) is 5.92 Å². The molecule has 1 aliphatic carbocycles. The van der Waals surface area contributed by atoms with Crippen LogP contribution in [0.4, 0.5) is 5.82 Å². The number of nitrogens with one attached hydrogen (secondary N) is 1. The highest BCUT2D eigenvalue weighted by molar-refractivity contribution is 5.92. The standard InChI is InChI=1S/C14H22N4O/c1-2-3-10-4-6-11(7-5-10)18-14(19)12-8-17-13(15)9-16-12/h8-11H,2-7H2,1H3,(H2,15,17)(H,18,19). The highest BCUT2D eigenvalue weighted by Gasteiger charge is 2.22. The van der Waals surface area contributed by atoms with E-state index >= 15 is 0 Å². The van der Waals surface area contributed by atoms with Gasteiger partial charge in [0.25, 0.3) is 5.91 Å². The second-order valence-electron chi connectivity index (χ2n) is 5.31. The number of rotatable bonds is 4. The molecule has 5 heteroatoms. The first kappa shape index (κ1) is 13.8. The third-order valence-electron chi connectivity index (χ3n) is 3.78. The number of hydrogen-bond donors (Lipinski definition) is 2. The van der Waals surface area contributed by atoms with E-state index in [1.807, 2.05) is 0 Å². The van der Waals surface area contributed by atoms with Crippen LogP contribution in [0.1, 0.15) is 55.9 Å². The van der Waals surface area contributed by atoms with E-state index in [0.717, 1.165) is 18.8 Å². The minimum atomic E-state index is -0.147. The fraction of sp³-hybridized carbons (Fsp3) is 0.643. The van der Waals surface area contributed by atoms with Gasteiger partial charge in [-0.25, -0.2) is 9.97 Å². The Bertz CT molecular complexity index is 410. The number of aromatic nitrogens is 2. The van der Waals surface area contributed by atoms with Crippen LogP contribution >= 0.6 is 0 Å². The van der Waals surface area contributed by atoms with Gasteiger partial charge >= 0.3 is 0 Å². The monoisotopic (exact) mass is 262 g/mol. The molecule has 104 valence electrons. The molecule has 1 amide bonds. The molecule has 0 saturated heterocycles. The first-order valence-corrected chi connectivity index (χ1v) is 7.07. The molecule has 1 heterocycles. The predicted octanol–water partition coefficient (Wildman–Crippen LogP) is 2.15. The zero-order valence-electron chi connectivity index (χ0n) is 11.4. The summed E-state index contributed by atoms with van der Waals surface area (Å²) < 4.78 is 0. The van der Waals surface area contributed by atoms with Gasteiger partial charge in [0.1, 0.15) is 11.5 Å². The van der Waals surface area contributed by atoms with Crippen molar-refractivity contribution >= 4 is 11.7 Å². The molecular formula is C14H22N4O. The SMILES string of the molecule is CCCC1CCC(NC(=O)c2cnc(N)cn2)CC1. The molecule has 0 spiro atoms. The van der Waals surface area contributed by atoms with Crippen molar-refractivity contribution < 1.29 is 4.79 Å². The van der Waals surface area contributed by atoms with E-state index in [4.69, 9.17) is 5.73 Å². The van der Waals surface area contributed by atoms with Gasteiger partial charge in [-0.3, -0.25) is 4.79 Å². The Morgan fingerprint density at radius 1 is 1.32 bits per heavy atom. The lowest BCUT2D eigenvalue weighted by Crippen LogP contribution is -2.38. The lowest BCUT2D eigenvalue weighted by molar-refractivity contribution is 0.0915. The third kappa shape index (κ3) is 3.91. The normalized spacial score (nSPS) is 23.0. The number of carbonyl (C=O) groups excluding carboxylic acids is 1.